The molecule has 5 heteroatoms. The Morgan fingerprint density at radius 2 is 1.95 bits per heavy atom. The summed E-state index contributed by atoms with van der Waals surface area (Å²) in [5.41, 5.74) is 1.17. The normalized spacial score (nSPS) is 13.5. The van der Waals surface area contributed by atoms with Crippen LogP contribution in [0, 0.1) is 0 Å². The Labute approximate surface area is 131 Å². The van der Waals surface area contributed by atoms with Crippen molar-refractivity contribution in [3.63, 3.8) is 0 Å². The predicted molar refractivity (Wildman–Crippen MR) is 87.7 cm³/mol. The van der Waals surface area contributed by atoms with E-state index in [9.17, 15) is 0 Å². The molecule has 0 spiro atoms. The molecule has 0 saturated heterocycles. The lowest BCUT2D eigenvalue weighted by Crippen LogP contribution is -2.35. The van der Waals surface area contributed by atoms with Gasteiger partial charge in [0, 0.05) is 23.7 Å². The minimum absolute atomic E-state index is 0.0620. The van der Waals surface area contributed by atoms with Gasteiger partial charge in [-0.2, -0.15) is 11.8 Å². The lowest BCUT2D eigenvalue weighted by atomic mass is 10.1. The smallest absolute Gasteiger partial charge is 0.231 e. The highest BCUT2D eigenvalue weighted by molar-refractivity contribution is 7.98. The molecule has 1 aliphatic rings. The van der Waals surface area contributed by atoms with E-state index < -0.39 is 0 Å². The second kappa shape index (κ2) is 7.27. The number of hydrogen-bond donors (Lipinski definition) is 1. The summed E-state index contributed by atoms with van der Waals surface area (Å²) < 4.78 is 16.8. The average molecular weight is 311 g/mol. The van der Waals surface area contributed by atoms with E-state index in [1.54, 1.807) is 0 Å². The SMILES string of the molecule is CSCCCOc1cc2c(cc1CNC(C)(C)C)OCO2. The molecule has 0 atom stereocenters. The fourth-order valence-electron chi connectivity index (χ4n) is 1.98. The van der Waals surface area contributed by atoms with E-state index in [-0.39, 0.29) is 12.3 Å². The van der Waals surface area contributed by atoms with Crippen LogP contribution in [0.1, 0.15) is 32.8 Å². The molecule has 2 rings (SSSR count). The van der Waals surface area contributed by atoms with Gasteiger partial charge in [0.25, 0.3) is 0 Å². The second-order valence-corrected chi connectivity index (χ2v) is 7.10. The molecule has 21 heavy (non-hydrogen) atoms. The molecule has 118 valence electrons. The molecule has 1 heterocycles. The Morgan fingerprint density at radius 3 is 2.62 bits per heavy atom. The Kier molecular flexibility index (Phi) is 5.65. The van der Waals surface area contributed by atoms with Crippen molar-refractivity contribution >= 4 is 11.8 Å². The van der Waals surface area contributed by atoms with Crippen molar-refractivity contribution in [2.24, 2.45) is 0 Å². The second-order valence-electron chi connectivity index (χ2n) is 6.11. The Hall–Kier alpha value is -1.07. The maximum Gasteiger partial charge on any atom is 0.231 e. The van der Waals surface area contributed by atoms with E-state index in [1.165, 1.54) is 0 Å². The van der Waals surface area contributed by atoms with Crippen molar-refractivity contribution in [1.82, 2.24) is 5.32 Å². The molecule has 1 N–H and O–H groups in total. The highest BCUT2D eigenvalue weighted by atomic mass is 32.2. The van der Waals surface area contributed by atoms with Gasteiger partial charge in [-0.3, -0.25) is 0 Å². The van der Waals surface area contributed by atoms with Crippen LogP contribution in [0.4, 0.5) is 0 Å². The summed E-state index contributed by atoms with van der Waals surface area (Å²) in [6, 6.07) is 3.96. The number of rotatable bonds is 7. The van der Waals surface area contributed by atoms with Gasteiger partial charge in [0.2, 0.25) is 6.79 Å². The van der Waals surface area contributed by atoms with E-state index >= 15 is 0 Å². The lowest BCUT2D eigenvalue weighted by Gasteiger charge is -2.22. The van der Waals surface area contributed by atoms with E-state index in [2.05, 4.69) is 32.3 Å². The van der Waals surface area contributed by atoms with Crippen molar-refractivity contribution in [3.8, 4) is 17.2 Å². The summed E-state index contributed by atoms with van der Waals surface area (Å²) in [5, 5.41) is 3.49. The maximum atomic E-state index is 5.94. The van der Waals surface area contributed by atoms with Crippen LogP contribution in [-0.2, 0) is 6.54 Å². The Bertz CT molecular complexity index is 471. The van der Waals surface area contributed by atoms with Crippen molar-refractivity contribution in [3.05, 3.63) is 17.7 Å². The van der Waals surface area contributed by atoms with Crippen molar-refractivity contribution in [2.45, 2.75) is 39.3 Å². The summed E-state index contributed by atoms with van der Waals surface area (Å²) in [7, 11) is 0. The molecular formula is C16H25NO3S. The van der Waals surface area contributed by atoms with Crippen molar-refractivity contribution < 1.29 is 14.2 Å². The molecule has 1 aromatic carbocycles. The Morgan fingerprint density at radius 1 is 1.24 bits per heavy atom. The van der Waals surface area contributed by atoms with E-state index in [4.69, 9.17) is 14.2 Å². The van der Waals surface area contributed by atoms with E-state index in [0.717, 1.165) is 48.1 Å². The first kappa shape index (κ1) is 16.3. The first-order valence-corrected chi connectivity index (χ1v) is 8.68. The van der Waals surface area contributed by atoms with Gasteiger partial charge in [0.1, 0.15) is 5.75 Å². The molecule has 1 aromatic rings. The Balaban J connectivity index is 2.08. The third-order valence-corrected chi connectivity index (χ3v) is 3.81. The molecule has 1 aliphatic heterocycles. The van der Waals surface area contributed by atoms with Gasteiger partial charge >= 0.3 is 0 Å². The summed E-state index contributed by atoms with van der Waals surface area (Å²) in [6.07, 6.45) is 3.15. The maximum absolute atomic E-state index is 5.94. The molecule has 0 aromatic heterocycles. The van der Waals surface area contributed by atoms with Gasteiger partial charge in [-0.15, -0.1) is 0 Å². The van der Waals surface area contributed by atoms with Crippen LogP contribution < -0.4 is 19.5 Å². The van der Waals surface area contributed by atoms with Crippen LogP contribution in [-0.4, -0.2) is 30.9 Å². The van der Waals surface area contributed by atoms with Gasteiger partial charge in [-0.05, 0) is 45.3 Å². The van der Waals surface area contributed by atoms with Crippen LogP contribution in [0.15, 0.2) is 12.1 Å². The predicted octanol–water partition coefficient (Wildman–Crippen LogP) is 3.44. The van der Waals surface area contributed by atoms with Crippen LogP contribution in [0.3, 0.4) is 0 Å². The van der Waals surface area contributed by atoms with Gasteiger partial charge in [0.05, 0.1) is 6.61 Å². The van der Waals surface area contributed by atoms with E-state index in [1.807, 2.05) is 23.9 Å². The topological polar surface area (TPSA) is 39.7 Å². The average Bonchev–Trinajstić information content (AvgIpc) is 2.87. The molecule has 0 radical (unpaired) electrons. The minimum Gasteiger partial charge on any atom is -0.493 e. The van der Waals surface area contributed by atoms with Gasteiger partial charge in [-0.25, -0.2) is 0 Å². The van der Waals surface area contributed by atoms with Gasteiger partial charge in [-0.1, -0.05) is 0 Å². The van der Waals surface area contributed by atoms with Gasteiger partial charge < -0.3 is 19.5 Å². The molecule has 4 nitrogen and oxygen atoms in total. The number of hydrogen-bond acceptors (Lipinski definition) is 5. The highest BCUT2D eigenvalue weighted by Gasteiger charge is 2.19. The molecule has 0 saturated carbocycles. The molecule has 0 fully saturated rings. The quantitative estimate of drug-likeness (QED) is 0.781. The number of thioether (sulfide) groups is 1. The van der Waals surface area contributed by atoms with E-state index in [0.29, 0.717) is 0 Å². The fourth-order valence-corrected chi connectivity index (χ4v) is 2.39. The largest absolute Gasteiger partial charge is 0.493 e. The number of fused-ring (bicyclic) bond motifs is 1. The van der Waals surface area contributed by atoms with Crippen molar-refractivity contribution in [2.75, 3.05) is 25.4 Å². The van der Waals surface area contributed by atoms with Crippen LogP contribution in [0.5, 0.6) is 17.2 Å². The zero-order chi connectivity index (χ0) is 15.3. The summed E-state index contributed by atoms with van der Waals surface area (Å²) in [6.45, 7) is 8.22. The molecule has 0 unspecified atom stereocenters. The highest BCUT2D eigenvalue weighted by Crippen LogP contribution is 2.38. The summed E-state index contributed by atoms with van der Waals surface area (Å²) >= 11 is 1.84. The number of ether oxygens (including phenoxy) is 3. The summed E-state index contributed by atoms with van der Waals surface area (Å²) in [5.74, 6) is 3.57. The molecule has 0 aliphatic carbocycles. The standard InChI is InChI=1S/C16H25NO3S/c1-16(2,3)17-10-12-8-14-15(20-11-19-14)9-13(12)18-6-5-7-21-4/h8-9,17H,5-7,10-11H2,1-4H3. The minimum atomic E-state index is 0.0620. The zero-order valence-corrected chi connectivity index (χ0v) is 14.1. The van der Waals surface area contributed by atoms with Crippen LogP contribution in [0.2, 0.25) is 0 Å². The lowest BCUT2D eigenvalue weighted by molar-refractivity contribution is 0.173. The zero-order valence-electron chi connectivity index (χ0n) is 13.3. The number of nitrogens with one attached hydrogen (secondary N) is 1. The summed E-state index contributed by atoms with van der Waals surface area (Å²) in [4.78, 5) is 0. The molecule has 0 amide bonds. The number of benzene rings is 1. The van der Waals surface area contributed by atoms with Gasteiger partial charge in [0.15, 0.2) is 11.5 Å². The van der Waals surface area contributed by atoms with Crippen molar-refractivity contribution in [1.29, 1.82) is 0 Å². The molecular weight excluding hydrogens is 286 g/mol. The fraction of sp³-hybridized carbons (Fsp3) is 0.625. The van der Waals surface area contributed by atoms with Crippen LogP contribution >= 0.6 is 11.8 Å². The third-order valence-electron chi connectivity index (χ3n) is 3.12. The third kappa shape index (κ3) is 5.00. The molecule has 0 bridgehead atoms. The monoisotopic (exact) mass is 311 g/mol. The first-order chi connectivity index (χ1) is 9.99. The van der Waals surface area contributed by atoms with Crippen LogP contribution in [0.25, 0.3) is 0 Å². The first-order valence-electron chi connectivity index (χ1n) is 7.29.